The van der Waals surface area contributed by atoms with E-state index in [0.717, 1.165) is 0 Å². The molecular weight excluding hydrogens is 222 g/mol. The molecule has 0 spiro atoms. The fraction of sp³-hybridized carbons (Fsp3) is 0.273. The number of hydrogen-bond donors (Lipinski definition) is 0. The lowest BCUT2D eigenvalue weighted by molar-refractivity contribution is 0.0525. The van der Waals surface area contributed by atoms with E-state index < -0.39 is 5.97 Å². The predicted octanol–water partition coefficient (Wildman–Crippen LogP) is 1.62. The Bertz CT molecular complexity index is 522. The van der Waals surface area contributed by atoms with Crippen LogP contribution >= 0.6 is 0 Å². The average molecular weight is 233 g/mol. The molecule has 0 N–H and O–H groups in total. The first kappa shape index (κ1) is 11.3. The minimum absolute atomic E-state index is 0.295. The molecule has 0 aliphatic rings. The summed E-state index contributed by atoms with van der Waals surface area (Å²) in [6.45, 7) is 3.69. The van der Waals surface area contributed by atoms with Gasteiger partial charge in [0.15, 0.2) is 0 Å². The molecule has 2 aromatic rings. The number of aromatic nitrogens is 3. The Labute approximate surface area is 97.6 Å². The summed E-state index contributed by atoms with van der Waals surface area (Å²) in [6.07, 6.45) is 4.58. The van der Waals surface area contributed by atoms with Gasteiger partial charge in [0, 0.05) is 12.4 Å². The van der Waals surface area contributed by atoms with Gasteiger partial charge in [-0.05, 0) is 13.8 Å². The Morgan fingerprint density at radius 3 is 2.94 bits per heavy atom. The third kappa shape index (κ3) is 2.15. The highest BCUT2D eigenvalue weighted by Crippen LogP contribution is 2.23. The van der Waals surface area contributed by atoms with E-state index in [4.69, 9.17) is 9.26 Å². The third-order valence-corrected chi connectivity index (χ3v) is 2.15. The van der Waals surface area contributed by atoms with Crippen LogP contribution in [0.1, 0.15) is 23.0 Å². The lowest BCUT2D eigenvalue weighted by atomic mass is 10.1. The molecule has 0 fully saturated rings. The zero-order valence-corrected chi connectivity index (χ0v) is 9.51. The lowest BCUT2D eigenvalue weighted by Crippen LogP contribution is -2.07. The second kappa shape index (κ2) is 4.73. The zero-order valence-electron chi connectivity index (χ0n) is 9.51. The van der Waals surface area contributed by atoms with Crippen LogP contribution in [0.25, 0.3) is 11.4 Å². The molecule has 0 unspecified atom stereocenters. The van der Waals surface area contributed by atoms with Crippen LogP contribution in [0.5, 0.6) is 0 Å². The highest BCUT2D eigenvalue weighted by atomic mass is 16.5. The van der Waals surface area contributed by atoms with Crippen LogP contribution in [0.3, 0.4) is 0 Å². The SMILES string of the molecule is CCOC(=O)c1c(-c2cnccn2)noc1C. The van der Waals surface area contributed by atoms with Gasteiger partial charge in [0.25, 0.3) is 0 Å². The van der Waals surface area contributed by atoms with Crippen LogP contribution in [-0.4, -0.2) is 27.7 Å². The fourth-order valence-corrected chi connectivity index (χ4v) is 1.41. The number of carbonyl (C=O) groups excluding carboxylic acids is 1. The van der Waals surface area contributed by atoms with Crippen molar-refractivity contribution >= 4 is 5.97 Å². The van der Waals surface area contributed by atoms with Crippen molar-refractivity contribution in [2.24, 2.45) is 0 Å². The van der Waals surface area contributed by atoms with Crippen molar-refractivity contribution in [2.75, 3.05) is 6.61 Å². The number of nitrogens with zero attached hydrogens (tertiary/aromatic N) is 3. The summed E-state index contributed by atoms with van der Waals surface area (Å²) in [5.41, 5.74) is 1.13. The van der Waals surface area contributed by atoms with Crippen LogP contribution in [-0.2, 0) is 4.74 Å². The third-order valence-electron chi connectivity index (χ3n) is 2.15. The molecule has 0 saturated heterocycles. The molecule has 0 atom stereocenters. The normalized spacial score (nSPS) is 10.2. The van der Waals surface area contributed by atoms with E-state index >= 15 is 0 Å². The molecular formula is C11H11N3O3. The van der Waals surface area contributed by atoms with Crippen molar-refractivity contribution < 1.29 is 14.1 Å². The molecule has 6 heteroatoms. The number of carbonyl (C=O) groups is 1. The zero-order chi connectivity index (χ0) is 12.3. The Morgan fingerprint density at radius 2 is 2.29 bits per heavy atom. The van der Waals surface area contributed by atoms with E-state index in [9.17, 15) is 4.79 Å². The summed E-state index contributed by atoms with van der Waals surface area (Å²) in [5, 5.41) is 3.81. The van der Waals surface area contributed by atoms with E-state index in [2.05, 4.69) is 15.1 Å². The lowest BCUT2D eigenvalue weighted by Gasteiger charge is -2.01. The maximum atomic E-state index is 11.8. The van der Waals surface area contributed by atoms with Crippen molar-refractivity contribution in [3.05, 3.63) is 29.9 Å². The highest BCUT2D eigenvalue weighted by Gasteiger charge is 2.23. The minimum Gasteiger partial charge on any atom is -0.462 e. The van der Waals surface area contributed by atoms with Gasteiger partial charge in [-0.2, -0.15) is 0 Å². The molecule has 0 bridgehead atoms. The Kier molecular flexibility index (Phi) is 3.13. The number of aryl methyl sites for hydroxylation is 1. The van der Waals surface area contributed by atoms with Crippen molar-refractivity contribution in [3.8, 4) is 11.4 Å². The van der Waals surface area contributed by atoms with Crippen molar-refractivity contribution in [1.82, 2.24) is 15.1 Å². The summed E-state index contributed by atoms with van der Waals surface area (Å²) >= 11 is 0. The smallest absolute Gasteiger partial charge is 0.344 e. The van der Waals surface area contributed by atoms with Crippen molar-refractivity contribution in [3.63, 3.8) is 0 Å². The van der Waals surface area contributed by atoms with Crippen molar-refractivity contribution in [2.45, 2.75) is 13.8 Å². The second-order valence-electron chi connectivity index (χ2n) is 3.27. The Morgan fingerprint density at radius 1 is 1.47 bits per heavy atom. The van der Waals surface area contributed by atoms with Crippen LogP contribution in [0.4, 0.5) is 0 Å². The molecule has 0 radical (unpaired) electrons. The van der Waals surface area contributed by atoms with Gasteiger partial charge in [-0.1, -0.05) is 5.16 Å². The van der Waals surface area contributed by atoms with Gasteiger partial charge in [0.2, 0.25) is 0 Å². The maximum Gasteiger partial charge on any atom is 0.344 e. The Balaban J connectivity index is 2.46. The summed E-state index contributed by atoms with van der Waals surface area (Å²) in [5.74, 6) is -0.0593. The molecule has 0 aromatic carbocycles. The van der Waals surface area contributed by atoms with Gasteiger partial charge in [-0.25, -0.2) is 4.79 Å². The number of esters is 1. The largest absolute Gasteiger partial charge is 0.462 e. The van der Waals surface area contributed by atoms with Crippen LogP contribution in [0.2, 0.25) is 0 Å². The molecule has 0 aliphatic heterocycles. The summed E-state index contributed by atoms with van der Waals surface area (Å²) in [7, 11) is 0. The molecule has 6 nitrogen and oxygen atoms in total. The van der Waals surface area contributed by atoms with E-state index in [1.54, 1.807) is 20.0 Å². The molecule has 17 heavy (non-hydrogen) atoms. The first-order valence-corrected chi connectivity index (χ1v) is 5.13. The van der Waals surface area contributed by atoms with Crippen molar-refractivity contribution in [1.29, 1.82) is 0 Å². The Hall–Kier alpha value is -2.24. The molecule has 2 aromatic heterocycles. The summed E-state index contributed by atoms with van der Waals surface area (Å²) < 4.78 is 9.94. The van der Waals surface area contributed by atoms with Gasteiger partial charge in [-0.3, -0.25) is 9.97 Å². The van der Waals surface area contributed by atoms with E-state index in [-0.39, 0.29) is 0 Å². The number of hydrogen-bond acceptors (Lipinski definition) is 6. The predicted molar refractivity (Wildman–Crippen MR) is 58.2 cm³/mol. The summed E-state index contributed by atoms with van der Waals surface area (Å²) in [4.78, 5) is 19.7. The number of ether oxygens (including phenoxy) is 1. The van der Waals surface area contributed by atoms with Gasteiger partial charge < -0.3 is 9.26 Å². The quantitative estimate of drug-likeness (QED) is 0.749. The van der Waals surface area contributed by atoms with Crippen LogP contribution in [0, 0.1) is 6.92 Å². The molecule has 0 amide bonds. The van der Waals surface area contributed by atoms with E-state index in [1.807, 2.05) is 0 Å². The fourth-order valence-electron chi connectivity index (χ4n) is 1.41. The van der Waals surface area contributed by atoms with E-state index in [0.29, 0.717) is 29.3 Å². The monoisotopic (exact) mass is 233 g/mol. The van der Waals surface area contributed by atoms with Gasteiger partial charge in [0.1, 0.15) is 22.7 Å². The number of rotatable bonds is 3. The minimum atomic E-state index is -0.466. The molecule has 88 valence electrons. The maximum absolute atomic E-state index is 11.8. The molecule has 0 aliphatic carbocycles. The first-order valence-electron chi connectivity index (χ1n) is 5.13. The van der Waals surface area contributed by atoms with Gasteiger partial charge in [-0.15, -0.1) is 0 Å². The molecule has 2 heterocycles. The first-order chi connectivity index (χ1) is 8.24. The van der Waals surface area contributed by atoms with Gasteiger partial charge >= 0.3 is 5.97 Å². The average Bonchev–Trinajstić information content (AvgIpc) is 2.73. The molecule has 2 rings (SSSR count). The van der Waals surface area contributed by atoms with Crippen LogP contribution in [0.15, 0.2) is 23.1 Å². The van der Waals surface area contributed by atoms with Gasteiger partial charge in [0.05, 0.1) is 12.8 Å². The highest BCUT2D eigenvalue weighted by molar-refractivity contribution is 5.96. The van der Waals surface area contributed by atoms with Crippen LogP contribution < -0.4 is 0 Å². The molecule has 0 saturated carbocycles. The summed E-state index contributed by atoms with van der Waals surface area (Å²) in [6, 6.07) is 0. The standard InChI is InChI=1S/C11H11N3O3/c1-3-16-11(15)9-7(2)17-14-10(9)8-6-12-4-5-13-8/h4-6H,3H2,1-2H3. The topological polar surface area (TPSA) is 78.1 Å². The van der Waals surface area contributed by atoms with E-state index in [1.165, 1.54) is 12.4 Å². The second-order valence-corrected chi connectivity index (χ2v) is 3.27.